The Morgan fingerprint density at radius 3 is 1.95 bits per heavy atom. The Labute approximate surface area is 117 Å². The van der Waals surface area contributed by atoms with Gasteiger partial charge in [-0.25, -0.2) is 14.6 Å². The van der Waals surface area contributed by atoms with Crippen molar-refractivity contribution in [1.82, 2.24) is 4.98 Å². The molecule has 1 heterocycles. The Kier molecular flexibility index (Phi) is 3.15. The van der Waals surface area contributed by atoms with Gasteiger partial charge in [-0.3, -0.25) is 0 Å². The zero-order valence-electron chi connectivity index (χ0n) is 12.6. The van der Waals surface area contributed by atoms with Gasteiger partial charge < -0.3 is 13.9 Å². The van der Waals surface area contributed by atoms with Crippen molar-refractivity contribution in [3.8, 4) is 0 Å². The highest BCUT2D eigenvalue weighted by atomic mass is 16.5. The van der Waals surface area contributed by atoms with Gasteiger partial charge >= 0.3 is 11.9 Å². The van der Waals surface area contributed by atoms with E-state index in [-0.39, 0.29) is 28.2 Å². The lowest BCUT2D eigenvalue weighted by Gasteiger charge is -2.03. The normalized spacial score (nSPS) is 19.5. The first kappa shape index (κ1) is 14.6. The van der Waals surface area contributed by atoms with Crippen molar-refractivity contribution in [3.63, 3.8) is 0 Å². The molecule has 0 bridgehead atoms. The maximum Gasteiger partial charge on any atom is 0.376 e. The third-order valence-electron chi connectivity index (χ3n) is 4.66. The first-order valence-electron chi connectivity index (χ1n) is 6.35. The summed E-state index contributed by atoms with van der Waals surface area (Å²) < 4.78 is 14.7. The van der Waals surface area contributed by atoms with E-state index in [9.17, 15) is 9.59 Å². The molecular formula is C14H19NO5. The summed E-state index contributed by atoms with van der Waals surface area (Å²) in [4.78, 5) is 27.5. The summed E-state index contributed by atoms with van der Waals surface area (Å²) in [6.45, 7) is 8.38. The minimum atomic E-state index is -0.736. The summed E-state index contributed by atoms with van der Waals surface area (Å²) in [7, 11) is 2.44. The highest BCUT2D eigenvalue weighted by molar-refractivity contribution is 5.99. The summed E-state index contributed by atoms with van der Waals surface area (Å²) in [5.74, 6) is -1.23. The minimum Gasteiger partial charge on any atom is -0.464 e. The number of carbonyl (C=O) groups excluding carboxylic acids is 2. The molecule has 0 spiro atoms. The molecule has 0 aromatic carbocycles. The second-order valence-corrected chi connectivity index (χ2v) is 6.09. The van der Waals surface area contributed by atoms with Crippen LogP contribution in [0.25, 0.3) is 0 Å². The van der Waals surface area contributed by atoms with Crippen LogP contribution in [-0.4, -0.2) is 31.1 Å². The molecular weight excluding hydrogens is 262 g/mol. The highest BCUT2D eigenvalue weighted by Gasteiger charge is 2.67. The van der Waals surface area contributed by atoms with Crippen LogP contribution in [0.5, 0.6) is 0 Å². The first-order valence-corrected chi connectivity index (χ1v) is 6.35. The van der Waals surface area contributed by atoms with Gasteiger partial charge in [0.25, 0.3) is 0 Å². The molecule has 20 heavy (non-hydrogen) atoms. The highest BCUT2D eigenvalue weighted by Crippen LogP contribution is 2.73. The average Bonchev–Trinajstić information content (AvgIpc) is 2.71. The molecule has 1 fully saturated rings. The fourth-order valence-electron chi connectivity index (χ4n) is 2.74. The van der Waals surface area contributed by atoms with Gasteiger partial charge in [0.2, 0.25) is 11.5 Å². The number of rotatable bonds is 3. The van der Waals surface area contributed by atoms with E-state index in [1.54, 1.807) is 0 Å². The third-order valence-corrected chi connectivity index (χ3v) is 4.66. The number of methoxy groups -OCH3 is 2. The van der Waals surface area contributed by atoms with Crippen LogP contribution in [-0.2, 0) is 9.47 Å². The maximum atomic E-state index is 11.7. The van der Waals surface area contributed by atoms with E-state index in [1.165, 1.54) is 14.2 Å². The predicted octanol–water partition coefficient (Wildman–Crippen LogP) is 2.40. The van der Waals surface area contributed by atoms with Gasteiger partial charge in [0.05, 0.1) is 14.2 Å². The number of oxazole rings is 1. The molecule has 0 saturated heterocycles. The smallest absolute Gasteiger partial charge is 0.376 e. The van der Waals surface area contributed by atoms with Crippen LogP contribution in [0.15, 0.2) is 4.42 Å². The molecule has 0 amide bonds. The van der Waals surface area contributed by atoms with E-state index in [4.69, 9.17) is 4.42 Å². The Balaban J connectivity index is 2.46. The fraction of sp³-hybridized carbons (Fsp3) is 0.643. The lowest BCUT2D eigenvalue weighted by Crippen LogP contribution is -2.10. The SMILES string of the molecule is COC(=O)c1nc(C2C(C)(C)C2(C)C)oc1C(=O)OC. The lowest BCUT2D eigenvalue weighted by atomic mass is 10.0. The standard InChI is InChI=1S/C14H19NO5/c1-13(2)9(14(13,3)4)10-15-7(11(16)18-5)8(20-10)12(17)19-6/h9H,1-6H3. The zero-order chi connectivity index (χ0) is 15.3. The van der Waals surface area contributed by atoms with Gasteiger partial charge in [0.15, 0.2) is 5.89 Å². The summed E-state index contributed by atoms with van der Waals surface area (Å²) in [5.41, 5.74) is -0.162. The van der Waals surface area contributed by atoms with E-state index in [1.807, 2.05) is 0 Å². The van der Waals surface area contributed by atoms with Crippen molar-refractivity contribution in [2.75, 3.05) is 14.2 Å². The van der Waals surface area contributed by atoms with Gasteiger partial charge in [-0.1, -0.05) is 27.7 Å². The van der Waals surface area contributed by atoms with Crippen LogP contribution < -0.4 is 0 Å². The molecule has 1 aliphatic carbocycles. The number of esters is 2. The van der Waals surface area contributed by atoms with Crippen LogP contribution in [0.4, 0.5) is 0 Å². The quantitative estimate of drug-likeness (QED) is 0.791. The Hall–Kier alpha value is -1.85. The van der Waals surface area contributed by atoms with Crippen LogP contribution in [0, 0.1) is 10.8 Å². The first-order chi connectivity index (χ1) is 9.18. The van der Waals surface area contributed by atoms with E-state index >= 15 is 0 Å². The zero-order valence-corrected chi connectivity index (χ0v) is 12.6. The molecule has 110 valence electrons. The number of aromatic nitrogens is 1. The molecule has 0 atom stereocenters. The minimum absolute atomic E-state index is 0.0152. The molecule has 6 heteroatoms. The molecule has 1 aromatic rings. The summed E-state index contributed by atoms with van der Waals surface area (Å²) in [6.07, 6.45) is 0. The van der Waals surface area contributed by atoms with Crippen molar-refractivity contribution in [1.29, 1.82) is 0 Å². The average molecular weight is 281 g/mol. The van der Waals surface area contributed by atoms with Crippen molar-refractivity contribution >= 4 is 11.9 Å². The van der Waals surface area contributed by atoms with Crippen molar-refractivity contribution in [2.24, 2.45) is 10.8 Å². The largest absolute Gasteiger partial charge is 0.464 e. The molecule has 2 rings (SSSR count). The fourth-order valence-corrected chi connectivity index (χ4v) is 2.74. The Morgan fingerprint density at radius 1 is 1.05 bits per heavy atom. The Bertz CT molecular complexity index is 523. The monoisotopic (exact) mass is 281 g/mol. The van der Waals surface area contributed by atoms with Gasteiger partial charge in [-0.05, 0) is 10.8 Å². The summed E-state index contributed by atoms with van der Waals surface area (Å²) in [5, 5.41) is 0. The molecule has 1 aliphatic rings. The second-order valence-electron chi connectivity index (χ2n) is 6.09. The topological polar surface area (TPSA) is 78.6 Å². The molecule has 1 saturated carbocycles. The lowest BCUT2D eigenvalue weighted by molar-refractivity contribution is 0.0525. The van der Waals surface area contributed by atoms with Crippen molar-refractivity contribution in [3.05, 3.63) is 17.3 Å². The molecule has 0 N–H and O–H groups in total. The van der Waals surface area contributed by atoms with Crippen molar-refractivity contribution in [2.45, 2.75) is 33.6 Å². The van der Waals surface area contributed by atoms with Crippen molar-refractivity contribution < 1.29 is 23.5 Å². The Morgan fingerprint density at radius 2 is 1.55 bits per heavy atom. The van der Waals surface area contributed by atoms with Gasteiger partial charge in [0, 0.05) is 5.92 Å². The molecule has 0 radical (unpaired) electrons. The summed E-state index contributed by atoms with van der Waals surface area (Å²) >= 11 is 0. The van der Waals surface area contributed by atoms with E-state index in [2.05, 4.69) is 42.2 Å². The number of nitrogens with zero attached hydrogens (tertiary/aromatic N) is 1. The summed E-state index contributed by atoms with van der Waals surface area (Å²) in [6, 6.07) is 0. The van der Waals surface area contributed by atoms with E-state index < -0.39 is 11.9 Å². The van der Waals surface area contributed by atoms with E-state index in [0.717, 1.165) is 0 Å². The van der Waals surface area contributed by atoms with E-state index in [0.29, 0.717) is 5.89 Å². The van der Waals surface area contributed by atoms with Gasteiger partial charge in [0.1, 0.15) is 0 Å². The van der Waals surface area contributed by atoms with Crippen LogP contribution in [0.3, 0.4) is 0 Å². The van der Waals surface area contributed by atoms with Crippen LogP contribution in [0.2, 0.25) is 0 Å². The number of ether oxygens (including phenoxy) is 2. The molecule has 1 aromatic heterocycles. The van der Waals surface area contributed by atoms with Gasteiger partial charge in [-0.2, -0.15) is 0 Å². The van der Waals surface area contributed by atoms with Crippen LogP contribution >= 0.6 is 0 Å². The second kappa shape index (κ2) is 4.33. The third kappa shape index (κ3) is 1.82. The van der Waals surface area contributed by atoms with Crippen LogP contribution in [0.1, 0.15) is 60.5 Å². The number of hydrogen-bond acceptors (Lipinski definition) is 6. The number of hydrogen-bond donors (Lipinski definition) is 0. The number of carbonyl (C=O) groups is 2. The van der Waals surface area contributed by atoms with Gasteiger partial charge in [-0.15, -0.1) is 0 Å². The maximum absolute atomic E-state index is 11.7. The molecule has 0 unspecified atom stereocenters. The molecule has 0 aliphatic heterocycles. The molecule has 6 nitrogen and oxygen atoms in total. The predicted molar refractivity (Wildman–Crippen MR) is 69.5 cm³/mol.